The number of carbonyl (C=O) groups excluding carboxylic acids is 1. The summed E-state index contributed by atoms with van der Waals surface area (Å²) in [5, 5.41) is 11.4. The summed E-state index contributed by atoms with van der Waals surface area (Å²) in [7, 11) is 1.56. The quantitative estimate of drug-likeness (QED) is 0.880. The Morgan fingerprint density at radius 2 is 2.45 bits per heavy atom. The van der Waals surface area contributed by atoms with Crippen molar-refractivity contribution in [2.75, 3.05) is 26.7 Å². The second-order valence-corrected chi connectivity index (χ2v) is 4.63. The minimum Gasteiger partial charge on any atom is -0.366 e. The molecule has 0 aromatic heterocycles. The highest BCUT2D eigenvalue weighted by Crippen LogP contribution is 2.15. The zero-order valence-corrected chi connectivity index (χ0v) is 11.2. The van der Waals surface area contributed by atoms with Crippen LogP contribution in [0, 0.1) is 17.1 Å². The number of nitriles is 1. The first-order valence-electron chi connectivity index (χ1n) is 6.38. The van der Waals surface area contributed by atoms with Crippen LogP contribution in [0.1, 0.15) is 11.1 Å². The zero-order chi connectivity index (χ0) is 14.5. The number of benzene rings is 1. The van der Waals surface area contributed by atoms with Gasteiger partial charge in [-0.15, -0.1) is 0 Å². The monoisotopic (exact) mass is 277 g/mol. The van der Waals surface area contributed by atoms with Crippen LogP contribution in [0.25, 0.3) is 0 Å². The van der Waals surface area contributed by atoms with E-state index in [1.807, 2.05) is 11.0 Å². The first kappa shape index (κ1) is 14.4. The Balaban J connectivity index is 2.06. The van der Waals surface area contributed by atoms with E-state index in [1.54, 1.807) is 13.1 Å². The van der Waals surface area contributed by atoms with Gasteiger partial charge in [-0.3, -0.25) is 9.69 Å². The molecular weight excluding hydrogens is 261 g/mol. The van der Waals surface area contributed by atoms with Crippen LogP contribution in [0.3, 0.4) is 0 Å². The number of carbonyl (C=O) groups is 1. The first-order chi connectivity index (χ1) is 9.63. The minimum atomic E-state index is -0.532. The fraction of sp³-hybridized carbons (Fsp3) is 0.429. The summed E-state index contributed by atoms with van der Waals surface area (Å²) < 4.78 is 19.1. The van der Waals surface area contributed by atoms with Gasteiger partial charge < -0.3 is 10.1 Å². The number of nitrogens with zero attached hydrogens (tertiary/aromatic N) is 2. The van der Waals surface area contributed by atoms with E-state index >= 15 is 0 Å². The van der Waals surface area contributed by atoms with Gasteiger partial charge in [0.15, 0.2) is 0 Å². The zero-order valence-electron chi connectivity index (χ0n) is 11.2. The third-order valence-corrected chi connectivity index (χ3v) is 3.26. The van der Waals surface area contributed by atoms with Gasteiger partial charge in [-0.25, -0.2) is 4.39 Å². The van der Waals surface area contributed by atoms with E-state index in [0.717, 1.165) is 0 Å². The molecule has 0 saturated carbocycles. The molecule has 1 heterocycles. The number of rotatable bonds is 3. The van der Waals surface area contributed by atoms with Crippen LogP contribution < -0.4 is 5.32 Å². The Labute approximate surface area is 116 Å². The number of amides is 1. The number of morpholine rings is 1. The van der Waals surface area contributed by atoms with E-state index < -0.39 is 6.10 Å². The molecule has 1 aromatic rings. The second kappa shape index (κ2) is 6.46. The molecule has 1 amide bonds. The summed E-state index contributed by atoms with van der Waals surface area (Å²) in [4.78, 5) is 13.5. The second-order valence-electron chi connectivity index (χ2n) is 4.63. The van der Waals surface area contributed by atoms with Crippen molar-refractivity contribution < 1.29 is 13.9 Å². The van der Waals surface area contributed by atoms with Gasteiger partial charge in [-0.1, -0.05) is 0 Å². The maximum atomic E-state index is 13.7. The summed E-state index contributed by atoms with van der Waals surface area (Å²) in [6.07, 6.45) is -0.532. The Morgan fingerprint density at radius 1 is 1.65 bits per heavy atom. The van der Waals surface area contributed by atoms with Gasteiger partial charge in [0.05, 0.1) is 18.2 Å². The highest BCUT2D eigenvalue weighted by Gasteiger charge is 2.26. The van der Waals surface area contributed by atoms with Gasteiger partial charge in [-0.05, 0) is 18.2 Å². The van der Waals surface area contributed by atoms with Gasteiger partial charge in [0.1, 0.15) is 11.9 Å². The van der Waals surface area contributed by atoms with Crippen molar-refractivity contribution in [1.82, 2.24) is 10.2 Å². The SMILES string of the molecule is CNC(=O)C1CN(Cc2cc(C#N)ccc2F)CCO1. The molecule has 1 saturated heterocycles. The highest BCUT2D eigenvalue weighted by atomic mass is 19.1. The highest BCUT2D eigenvalue weighted by molar-refractivity contribution is 5.80. The van der Waals surface area contributed by atoms with E-state index in [2.05, 4.69) is 5.32 Å². The van der Waals surface area contributed by atoms with Gasteiger partial charge in [0, 0.05) is 32.2 Å². The normalized spacial score (nSPS) is 19.4. The van der Waals surface area contributed by atoms with Crippen LogP contribution in [-0.4, -0.2) is 43.7 Å². The molecule has 106 valence electrons. The maximum absolute atomic E-state index is 13.7. The van der Waals surface area contributed by atoms with Crippen LogP contribution in [0.5, 0.6) is 0 Å². The smallest absolute Gasteiger partial charge is 0.250 e. The molecule has 0 aliphatic carbocycles. The maximum Gasteiger partial charge on any atom is 0.250 e. The number of halogens is 1. The topological polar surface area (TPSA) is 65.4 Å². The van der Waals surface area contributed by atoms with Gasteiger partial charge in [0.25, 0.3) is 0 Å². The van der Waals surface area contributed by atoms with Crippen molar-refractivity contribution >= 4 is 5.91 Å². The molecule has 0 spiro atoms. The lowest BCUT2D eigenvalue weighted by Gasteiger charge is -2.31. The Bertz CT molecular complexity index is 542. The summed E-state index contributed by atoms with van der Waals surface area (Å²) in [5.41, 5.74) is 0.888. The van der Waals surface area contributed by atoms with Crippen molar-refractivity contribution in [3.63, 3.8) is 0 Å². The molecule has 0 radical (unpaired) electrons. The fourth-order valence-electron chi connectivity index (χ4n) is 2.17. The average molecular weight is 277 g/mol. The number of hydrogen-bond donors (Lipinski definition) is 1. The predicted octanol–water partition coefficient (Wildman–Crippen LogP) is 0.644. The molecule has 1 N–H and O–H groups in total. The molecule has 1 fully saturated rings. The van der Waals surface area contributed by atoms with Gasteiger partial charge in [-0.2, -0.15) is 5.26 Å². The standard InChI is InChI=1S/C14H16FN3O2/c1-17-14(19)13-9-18(4-5-20-13)8-11-6-10(7-16)2-3-12(11)15/h2-3,6,13H,4-5,8-9H2,1H3,(H,17,19). The number of ether oxygens (including phenoxy) is 1. The van der Waals surface area contributed by atoms with Gasteiger partial charge >= 0.3 is 0 Å². The van der Waals surface area contributed by atoms with Crippen molar-refractivity contribution in [3.05, 3.63) is 35.1 Å². The largest absolute Gasteiger partial charge is 0.366 e. The molecule has 0 bridgehead atoms. The van der Waals surface area contributed by atoms with E-state index in [1.165, 1.54) is 12.1 Å². The van der Waals surface area contributed by atoms with Crippen LogP contribution in [0.15, 0.2) is 18.2 Å². The Kier molecular flexibility index (Phi) is 4.66. The molecule has 1 atom stereocenters. The molecule has 20 heavy (non-hydrogen) atoms. The molecule has 1 aliphatic rings. The number of hydrogen-bond acceptors (Lipinski definition) is 4. The van der Waals surface area contributed by atoms with E-state index in [0.29, 0.717) is 37.4 Å². The minimum absolute atomic E-state index is 0.180. The van der Waals surface area contributed by atoms with E-state index in [4.69, 9.17) is 10.00 Å². The van der Waals surface area contributed by atoms with Crippen molar-refractivity contribution in [2.45, 2.75) is 12.6 Å². The molecule has 1 unspecified atom stereocenters. The summed E-state index contributed by atoms with van der Waals surface area (Å²) in [6, 6.07) is 6.28. The molecule has 1 aromatic carbocycles. The lowest BCUT2D eigenvalue weighted by molar-refractivity contribution is -0.138. The van der Waals surface area contributed by atoms with Crippen molar-refractivity contribution in [3.8, 4) is 6.07 Å². The predicted molar refractivity (Wildman–Crippen MR) is 70.2 cm³/mol. The van der Waals surface area contributed by atoms with Crippen LogP contribution in [-0.2, 0) is 16.1 Å². The summed E-state index contributed by atoms with van der Waals surface area (Å²) >= 11 is 0. The van der Waals surface area contributed by atoms with Crippen molar-refractivity contribution in [2.24, 2.45) is 0 Å². The van der Waals surface area contributed by atoms with E-state index in [9.17, 15) is 9.18 Å². The summed E-state index contributed by atoms with van der Waals surface area (Å²) in [6.45, 7) is 1.83. The van der Waals surface area contributed by atoms with Crippen LogP contribution in [0.4, 0.5) is 4.39 Å². The Morgan fingerprint density at radius 3 is 3.15 bits per heavy atom. The molecule has 6 heteroatoms. The van der Waals surface area contributed by atoms with Crippen LogP contribution >= 0.6 is 0 Å². The molecule has 1 aliphatic heterocycles. The lowest BCUT2D eigenvalue weighted by Crippen LogP contribution is -2.48. The Hall–Kier alpha value is -1.97. The van der Waals surface area contributed by atoms with E-state index in [-0.39, 0.29) is 11.7 Å². The first-order valence-corrected chi connectivity index (χ1v) is 6.38. The van der Waals surface area contributed by atoms with Crippen LogP contribution in [0.2, 0.25) is 0 Å². The number of nitrogens with one attached hydrogen (secondary N) is 1. The number of likely N-dealkylation sites (N-methyl/N-ethyl adjacent to an activating group) is 1. The van der Waals surface area contributed by atoms with Gasteiger partial charge in [0.2, 0.25) is 5.91 Å². The molecular formula is C14H16FN3O2. The fourth-order valence-corrected chi connectivity index (χ4v) is 2.17. The summed E-state index contributed by atoms with van der Waals surface area (Å²) in [5.74, 6) is -0.520. The third kappa shape index (κ3) is 3.32. The third-order valence-electron chi connectivity index (χ3n) is 3.26. The lowest BCUT2D eigenvalue weighted by atomic mass is 10.1. The molecule has 2 rings (SSSR count). The molecule has 5 nitrogen and oxygen atoms in total. The average Bonchev–Trinajstić information content (AvgIpc) is 2.49. The van der Waals surface area contributed by atoms with Crippen molar-refractivity contribution in [1.29, 1.82) is 5.26 Å².